The summed E-state index contributed by atoms with van der Waals surface area (Å²) < 4.78 is 11.1. The number of likely N-dealkylation sites (tertiary alicyclic amines) is 1. The van der Waals surface area contributed by atoms with E-state index in [2.05, 4.69) is 4.90 Å². The second-order valence-electron chi connectivity index (χ2n) is 9.05. The van der Waals surface area contributed by atoms with Gasteiger partial charge in [-0.05, 0) is 62.2 Å². The number of ketones is 1. The number of nitrogens with zero attached hydrogens (tertiary/aromatic N) is 2. The van der Waals surface area contributed by atoms with Crippen molar-refractivity contribution < 1.29 is 24.2 Å². The van der Waals surface area contributed by atoms with Crippen LogP contribution in [0.5, 0.6) is 5.75 Å². The van der Waals surface area contributed by atoms with E-state index in [4.69, 9.17) is 21.1 Å². The molecule has 7 nitrogen and oxygen atoms in total. The first-order valence-electron chi connectivity index (χ1n) is 12.0. The monoisotopic (exact) mass is 498 g/mol. The maximum atomic E-state index is 13.2. The van der Waals surface area contributed by atoms with Crippen molar-refractivity contribution in [3.8, 4) is 5.75 Å². The first kappa shape index (κ1) is 25.2. The molecule has 0 aliphatic carbocycles. The predicted octanol–water partition coefficient (Wildman–Crippen LogP) is 4.27. The fourth-order valence-electron chi connectivity index (χ4n) is 4.54. The molecule has 1 amide bonds. The maximum Gasteiger partial charge on any atom is 0.295 e. The number of rotatable bonds is 8. The summed E-state index contributed by atoms with van der Waals surface area (Å²) in [6.45, 7) is 8.16. The summed E-state index contributed by atoms with van der Waals surface area (Å²) in [5.41, 5.74) is 1.20. The summed E-state index contributed by atoms with van der Waals surface area (Å²) >= 11 is 6.25. The van der Waals surface area contributed by atoms with Crippen LogP contribution in [0.15, 0.2) is 54.1 Å². The van der Waals surface area contributed by atoms with Crippen LogP contribution in [0, 0.1) is 0 Å². The largest absolute Gasteiger partial charge is 0.507 e. The molecule has 2 aliphatic rings. The fraction of sp³-hybridized carbons (Fsp3) is 0.407. The van der Waals surface area contributed by atoms with Crippen LogP contribution >= 0.6 is 11.6 Å². The standard InChI is InChI=1S/C27H31ClN2O5/c1-18(2)35-22-9-7-19(8-10-22)25(31)23-24(20-5-3-6-21(28)17-20)30(27(33)26(23)32)12-4-11-29-13-15-34-16-14-29/h3,5-10,17-18,24,31H,4,11-16H2,1-2H3/b25-23-. The Morgan fingerprint density at radius 1 is 1.11 bits per heavy atom. The van der Waals surface area contributed by atoms with Gasteiger partial charge in [0.15, 0.2) is 0 Å². The van der Waals surface area contributed by atoms with Crippen molar-refractivity contribution >= 4 is 29.1 Å². The molecule has 0 radical (unpaired) electrons. The van der Waals surface area contributed by atoms with Crippen LogP contribution in [-0.2, 0) is 14.3 Å². The number of hydrogen-bond acceptors (Lipinski definition) is 6. The van der Waals surface area contributed by atoms with Crippen LogP contribution < -0.4 is 4.74 Å². The number of Topliss-reactive ketones (excluding diaryl/α,β-unsaturated/α-hetero) is 1. The second kappa shape index (κ2) is 11.2. The quantitative estimate of drug-likeness (QED) is 0.332. The predicted molar refractivity (Wildman–Crippen MR) is 135 cm³/mol. The van der Waals surface area contributed by atoms with Gasteiger partial charge in [-0.1, -0.05) is 23.7 Å². The minimum Gasteiger partial charge on any atom is -0.507 e. The summed E-state index contributed by atoms with van der Waals surface area (Å²) in [5.74, 6) is -0.855. The highest BCUT2D eigenvalue weighted by Crippen LogP contribution is 2.40. The number of ether oxygens (including phenoxy) is 2. The van der Waals surface area contributed by atoms with Crippen LogP contribution in [0.25, 0.3) is 5.76 Å². The summed E-state index contributed by atoms with van der Waals surface area (Å²) in [6, 6.07) is 13.2. The lowest BCUT2D eigenvalue weighted by Gasteiger charge is -2.29. The third-order valence-corrected chi connectivity index (χ3v) is 6.42. The van der Waals surface area contributed by atoms with Gasteiger partial charge in [-0.3, -0.25) is 14.5 Å². The van der Waals surface area contributed by atoms with E-state index in [9.17, 15) is 14.7 Å². The van der Waals surface area contributed by atoms with Gasteiger partial charge in [0.05, 0.1) is 30.9 Å². The normalized spacial score (nSPS) is 20.6. The number of halogens is 1. The van der Waals surface area contributed by atoms with Gasteiger partial charge < -0.3 is 19.5 Å². The molecule has 1 N–H and O–H groups in total. The van der Waals surface area contributed by atoms with Gasteiger partial charge in [0, 0.05) is 36.8 Å². The van der Waals surface area contributed by atoms with Crippen molar-refractivity contribution in [2.24, 2.45) is 0 Å². The number of aliphatic hydroxyl groups excluding tert-OH is 1. The molecule has 0 saturated carbocycles. The molecule has 186 valence electrons. The van der Waals surface area contributed by atoms with Gasteiger partial charge >= 0.3 is 0 Å². The molecule has 1 unspecified atom stereocenters. The molecular formula is C27H31ClN2O5. The van der Waals surface area contributed by atoms with E-state index in [0.29, 0.717) is 48.1 Å². The van der Waals surface area contributed by atoms with E-state index in [1.165, 1.54) is 0 Å². The van der Waals surface area contributed by atoms with Gasteiger partial charge in [0.25, 0.3) is 11.7 Å². The van der Waals surface area contributed by atoms with Gasteiger partial charge in [0.1, 0.15) is 11.5 Å². The Hall–Kier alpha value is -2.87. The Morgan fingerprint density at radius 3 is 2.49 bits per heavy atom. The molecule has 2 fully saturated rings. The highest BCUT2D eigenvalue weighted by molar-refractivity contribution is 6.46. The third kappa shape index (κ3) is 5.86. The zero-order valence-electron chi connectivity index (χ0n) is 20.1. The minimum absolute atomic E-state index is 0.0139. The van der Waals surface area contributed by atoms with E-state index in [0.717, 1.165) is 19.6 Å². The van der Waals surface area contributed by atoms with Crippen molar-refractivity contribution in [3.05, 3.63) is 70.3 Å². The second-order valence-corrected chi connectivity index (χ2v) is 9.48. The van der Waals surface area contributed by atoms with Crippen LogP contribution in [0.2, 0.25) is 5.02 Å². The average Bonchev–Trinajstić information content (AvgIpc) is 3.09. The minimum atomic E-state index is -0.718. The molecule has 1 atom stereocenters. The Labute approximate surface area is 210 Å². The zero-order valence-corrected chi connectivity index (χ0v) is 20.8. The summed E-state index contributed by atoms with van der Waals surface area (Å²) in [5, 5.41) is 11.7. The van der Waals surface area contributed by atoms with Crippen LogP contribution in [0.1, 0.15) is 37.4 Å². The van der Waals surface area contributed by atoms with E-state index in [1.54, 1.807) is 47.4 Å². The summed E-state index contributed by atoms with van der Waals surface area (Å²) in [7, 11) is 0. The first-order valence-corrected chi connectivity index (χ1v) is 12.3. The molecule has 2 saturated heterocycles. The Bertz CT molecular complexity index is 1090. The zero-order chi connectivity index (χ0) is 24.9. The molecule has 8 heteroatoms. The topological polar surface area (TPSA) is 79.3 Å². The lowest BCUT2D eigenvalue weighted by molar-refractivity contribution is -0.140. The molecule has 0 aromatic heterocycles. The number of carbonyl (C=O) groups is 2. The van der Waals surface area contributed by atoms with E-state index < -0.39 is 17.7 Å². The van der Waals surface area contributed by atoms with Crippen molar-refractivity contribution in [2.45, 2.75) is 32.4 Å². The van der Waals surface area contributed by atoms with Crippen molar-refractivity contribution in [1.82, 2.24) is 9.80 Å². The average molecular weight is 499 g/mol. The van der Waals surface area contributed by atoms with E-state index in [1.807, 2.05) is 19.9 Å². The Morgan fingerprint density at radius 2 is 1.83 bits per heavy atom. The van der Waals surface area contributed by atoms with Crippen LogP contribution in [-0.4, -0.2) is 72.1 Å². The number of carbonyl (C=O) groups excluding carboxylic acids is 2. The lowest BCUT2D eigenvalue weighted by atomic mass is 9.95. The highest BCUT2D eigenvalue weighted by atomic mass is 35.5. The number of morpholine rings is 1. The summed E-state index contributed by atoms with van der Waals surface area (Å²) in [4.78, 5) is 30.1. The maximum absolute atomic E-state index is 13.2. The highest BCUT2D eigenvalue weighted by Gasteiger charge is 2.45. The molecular weight excluding hydrogens is 468 g/mol. The van der Waals surface area contributed by atoms with E-state index in [-0.39, 0.29) is 17.4 Å². The van der Waals surface area contributed by atoms with Gasteiger partial charge in [-0.15, -0.1) is 0 Å². The molecule has 0 spiro atoms. The summed E-state index contributed by atoms with van der Waals surface area (Å²) in [6.07, 6.45) is 0.714. The number of amides is 1. The molecule has 2 aromatic carbocycles. The smallest absolute Gasteiger partial charge is 0.295 e. The molecule has 2 aliphatic heterocycles. The SMILES string of the molecule is CC(C)Oc1ccc(/C(O)=C2/C(=O)C(=O)N(CCCN3CCOCC3)C2c2cccc(Cl)c2)cc1. The molecule has 35 heavy (non-hydrogen) atoms. The number of benzene rings is 2. The van der Waals surface area contributed by atoms with Gasteiger partial charge in [-0.25, -0.2) is 0 Å². The third-order valence-electron chi connectivity index (χ3n) is 6.18. The van der Waals surface area contributed by atoms with Gasteiger partial charge in [0.2, 0.25) is 0 Å². The Balaban J connectivity index is 1.65. The molecule has 2 heterocycles. The molecule has 0 bridgehead atoms. The number of hydrogen-bond donors (Lipinski definition) is 1. The van der Waals surface area contributed by atoms with Crippen molar-refractivity contribution in [3.63, 3.8) is 0 Å². The van der Waals surface area contributed by atoms with Crippen molar-refractivity contribution in [1.29, 1.82) is 0 Å². The molecule has 4 rings (SSSR count). The van der Waals surface area contributed by atoms with Crippen molar-refractivity contribution in [2.75, 3.05) is 39.4 Å². The van der Waals surface area contributed by atoms with Crippen LogP contribution in [0.3, 0.4) is 0 Å². The van der Waals surface area contributed by atoms with E-state index >= 15 is 0 Å². The van der Waals surface area contributed by atoms with Crippen LogP contribution in [0.4, 0.5) is 0 Å². The lowest BCUT2D eigenvalue weighted by Crippen LogP contribution is -2.38. The Kier molecular flexibility index (Phi) is 8.11. The first-order chi connectivity index (χ1) is 16.8. The number of aliphatic hydroxyl groups is 1. The fourth-order valence-corrected chi connectivity index (χ4v) is 4.74. The molecule has 2 aromatic rings. The van der Waals surface area contributed by atoms with Gasteiger partial charge in [-0.2, -0.15) is 0 Å².